The second kappa shape index (κ2) is 5.81. The summed E-state index contributed by atoms with van der Waals surface area (Å²) in [7, 11) is -1.12. The Balaban J connectivity index is 1.91. The number of benzene rings is 1. The van der Waals surface area contributed by atoms with Crippen molar-refractivity contribution in [2.24, 2.45) is 0 Å². The highest BCUT2D eigenvalue weighted by molar-refractivity contribution is 7.90. The topological polar surface area (TPSA) is 75.2 Å². The minimum absolute atomic E-state index is 0.288. The lowest BCUT2D eigenvalue weighted by atomic mass is 10.2. The molecule has 1 atom stereocenters. The zero-order chi connectivity index (χ0) is 15.7. The highest BCUT2D eigenvalue weighted by atomic mass is 32.2. The molecule has 1 aliphatic heterocycles. The molecule has 22 heavy (non-hydrogen) atoms. The minimum Gasteiger partial charge on any atom is -0.368 e. The SMILES string of the molecule is CN1CCCC1CNc1ncnc2ccc(S(C)(=O)=O)cc12. The second-order valence-corrected chi connectivity index (χ2v) is 7.85. The van der Waals surface area contributed by atoms with Crippen LogP contribution in [0.5, 0.6) is 0 Å². The number of rotatable bonds is 4. The molecule has 1 aromatic carbocycles. The van der Waals surface area contributed by atoms with Crippen molar-refractivity contribution in [2.45, 2.75) is 23.8 Å². The van der Waals surface area contributed by atoms with E-state index < -0.39 is 9.84 Å². The van der Waals surface area contributed by atoms with Crippen molar-refractivity contribution in [3.63, 3.8) is 0 Å². The first-order valence-corrected chi connectivity index (χ1v) is 9.23. The summed E-state index contributed by atoms with van der Waals surface area (Å²) in [6, 6.07) is 5.44. The van der Waals surface area contributed by atoms with Gasteiger partial charge < -0.3 is 10.2 Å². The van der Waals surface area contributed by atoms with E-state index in [2.05, 4.69) is 27.2 Å². The third kappa shape index (κ3) is 3.05. The standard InChI is InChI=1S/C15H20N4O2S/c1-19-7-3-4-11(19)9-16-15-13-8-12(22(2,20)21)5-6-14(13)17-10-18-15/h5-6,8,10-11H,3-4,7,9H2,1-2H3,(H,16,17,18). The van der Waals surface area contributed by atoms with E-state index in [1.165, 1.54) is 25.4 Å². The maximum Gasteiger partial charge on any atom is 0.175 e. The summed E-state index contributed by atoms with van der Waals surface area (Å²) in [6.07, 6.45) is 5.09. The normalized spacial score (nSPS) is 19.6. The lowest BCUT2D eigenvalue weighted by Crippen LogP contribution is -2.31. The first kappa shape index (κ1) is 15.2. The van der Waals surface area contributed by atoms with Crippen LogP contribution in [0.25, 0.3) is 10.9 Å². The van der Waals surface area contributed by atoms with E-state index in [-0.39, 0.29) is 4.90 Å². The lowest BCUT2D eigenvalue weighted by molar-refractivity contribution is 0.322. The van der Waals surface area contributed by atoms with Crippen LogP contribution in [0.3, 0.4) is 0 Å². The van der Waals surface area contributed by atoms with Crippen LogP contribution in [0.2, 0.25) is 0 Å². The molecule has 1 unspecified atom stereocenters. The third-order valence-corrected chi connectivity index (χ3v) is 5.32. The number of nitrogens with one attached hydrogen (secondary N) is 1. The third-order valence-electron chi connectivity index (χ3n) is 4.21. The number of likely N-dealkylation sites (tertiary alicyclic amines) is 1. The van der Waals surface area contributed by atoms with Crippen molar-refractivity contribution >= 4 is 26.6 Å². The number of hydrogen-bond donors (Lipinski definition) is 1. The molecule has 1 aliphatic rings. The van der Waals surface area contributed by atoms with Gasteiger partial charge in [-0.1, -0.05) is 0 Å². The molecule has 7 heteroatoms. The van der Waals surface area contributed by atoms with E-state index >= 15 is 0 Å². The molecule has 1 saturated heterocycles. The average Bonchev–Trinajstić information content (AvgIpc) is 2.89. The van der Waals surface area contributed by atoms with Gasteiger partial charge in [0.1, 0.15) is 12.1 Å². The van der Waals surface area contributed by atoms with Gasteiger partial charge in [-0.05, 0) is 44.6 Å². The number of hydrogen-bond acceptors (Lipinski definition) is 6. The first-order valence-electron chi connectivity index (χ1n) is 7.34. The van der Waals surface area contributed by atoms with E-state index in [1.807, 2.05) is 0 Å². The Labute approximate surface area is 130 Å². The fraction of sp³-hybridized carbons (Fsp3) is 0.467. The van der Waals surface area contributed by atoms with Crippen LogP contribution in [0, 0.1) is 0 Å². The molecule has 0 saturated carbocycles. The van der Waals surface area contributed by atoms with Gasteiger partial charge in [-0.15, -0.1) is 0 Å². The predicted octanol–water partition coefficient (Wildman–Crippen LogP) is 1.54. The van der Waals surface area contributed by atoms with Gasteiger partial charge in [0.25, 0.3) is 0 Å². The molecule has 6 nitrogen and oxygen atoms in total. The molecule has 1 fully saturated rings. The Morgan fingerprint density at radius 1 is 1.36 bits per heavy atom. The van der Waals surface area contributed by atoms with Crippen molar-refractivity contribution in [2.75, 3.05) is 31.7 Å². The van der Waals surface area contributed by atoms with Gasteiger partial charge in [0.15, 0.2) is 9.84 Å². The largest absolute Gasteiger partial charge is 0.368 e. The molecule has 3 rings (SSSR count). The van der Waals surface area contributed by atoms with Gasteiger partial charge in [0.2, 0.25) is 0 Å². The number of fused-ring (bicyclic) bond motifs is 1. The van der Waals surface area contributed by atoms with Gasteiger partial charge in [-0.2, -0.15) is 0 Å². The van der Waals surface area contributed by atoms with Crippen LogP contribution >= 0.6 is 0 Å². The predicted molar refractivity (Wildman–Crippen MR) is 86.8 cm³/mol. The highest BCUT2D eigenvalue weighted by Crippen LogP contribution is 2.23. The molecule has 118 valence electrons. The Hall–Kier alpha value is -1.73. The second-order valence-electron chi connectivity index (χ2n) is 5.83. The summed E-state index contributed by atoms with van der Waals surface area (Å²) in [5.41, 5.74) is 0.740. The van der Waals surface area contributed by atoms with Crippen molar-refractivity contribution in [3.8, 4) is 0 Å². The van der Waals surface area contributed by atoms with E-state index in [1.54, 1.807) is 18.2 Å². The number of anilines is 1. The van der Waals surface area contributed by atoms with E-state index in [0.717, 1.165) is 24.0 Å². The Morgan fingerprint density at radius 3 is 2.86 bits per heavy atom. The van der Waals surface area contributed by atoms with Crippen molar-refractivity contribution in [1.29, 1.82) is 0 Å². The average molecular weight is 320 g/mol. The van der Waals surface area contributed by atoms with E-state index in [9.17, 15) is 8.42 Å². The van der Waals surface area contributed by atoms with Gasteiger partial charge in [0.05, 0.1) is 10.4 Å². The highest BCUT2D eigenvalue weighted by Gasteiger charge is 2.20. The molecule has 0 spiro atoms. The Kier molecular flexibility index (Phi) is 4.01. The molecule has 1 N–H and O–H groups in total. The molecule has 1 aromatic heterocycles. The van der Waals surface area contributed by atoms with Gasteiger partial charge >= 0.3 is 0 Å². The molecule has 0 aliphatic carbocycles. The number of aromatic nitrogens is 2. The zero-order valence-electron chi connectivity index (χ0n) is 12.8. The maximum absolute atomic E-state index is 11.7. The van der Waals surface area contributed by atoms with Crippen molar-refractivity contribution < 1.29 is 8.42 Å². The van der Waals surface area contributed by atoms with Crippen LogP contribution in [0.1, 0.15) is 12.8 Å². The van der Waals surface area contributed by atoms with Crippen molar-refractivity contribution in [3.05, 3.63) is 24.5 Å². The van der Waals surface area contributed by atoms with Crippen LogP contribution < -0.4 is 5.32 Å². The fourth-order valence-corrected chi connectivity index (χ4v) is 3.51. The van der Waals surface area contributed by atoms with Gasteiger partial charge in [-0.3, -0.25) is 0 Å². The lowest BCUT2D eigenvalue weighted by Gasteiger charge is -2.20. The van der Waals surface area contributed by atoms with Crippen LogP contribution in [0.15, 0.2) is 29.4 Å². The van der Waals surface area contributed by atoms with Gasteiger partial charge in [0, 0.05) is 24.2 Å². The number of likely N-dealkylation sites (N-methyl/N-ethyl adjacent to an activating group) is 1. The monoisotopic (exact) mass is 320 g/mol. The van der Waals surface area contributed by atoms with Crippen molar-refractivity contribution in [1.82, 2.24) is 14.9 Å². The summed E-state index contributed by atoms with van der Waals surface area (Å²) >= 11 is 0. The molecule has 0 bridgehead atoms. The fourth-order valence-electron chi connectivity index (χ4n) is 2.86. The zero-order valence-corrected chi connectivity index (χ0v) is 13.6. The minimum atomic E-state index is -3.24. The molecular weight excluding hydrogens is 300 g/mol. The Bertz CT molecular complexity index is 791. The molecule has 2 heterocycles. The molecule has 2 aromatic rings. The number of sulfone groups is 1. The summed E-state index contributed by atoms with van der Waals surface area (Å²) in [5.74, 6) is 0.691. The summed E-state index contributed by atoms with van der Waals surface area (Å²) in [5, 5.41) is 4.09. The first-order chi connectivity index (χ1) is 10.4. The molecule has 0 radical (unpaired) electrons. The smallest absolute Gasteiger partial charge is 0.175 e. The summed E-state index contributed by atoms with van der Waals surface area (Å²) in [6.45, 7) is 1.92. The Morgan fingerprint density at radius 2 is 2.18 bits per heavy atom. The number of nitrogens with zero attached hydrogens (tertiary/aromatic N) is 3. The van der Waals surface area contributed by atoms with Gasteiger partial charge in [-0.25, -0.2) is 18.4 Å². The quantitative estimate of drug-likeness (QED) is 0.921. The van der Waals surface area contributed by atoms with Crippen LogP contribution in [-0.4, -0.2) is 55.7 Å². The maximum atomic E-state index is 11.7. The van der Waals surface area contributed by atoms with Crippen LogP contribution in [0.4, 0.5) is 5.82 Å². The summed E-state index contributed by atoms with van der Waals surface area (Å²) in [4.78, 5) is 11.1. The van der Waals surface area contributed by atoms with Crippen LogP contribution in [-0.2, 0) is 9.84 Å². The summed E-state index contributed by atoms with van der Waals surface area (Å²) < 4.78 is 23.5. The molecule has 0 amide bonds. The van der Waals surface area contributed by atoms with E-state index in [4.69, 9.17) is 0 Å². The van der Waals surface area contributed by atoms with E-state index in [0.29, 0.717) is 11.9 Å². The molecular formula is C15H20N4O2S.